The van der Waals surface area contributed by atoms with Crippen LogP contribution in [0.1, 0.15) is 36.1 Å². The van der Waals surface area contributed by atoms with Gasteiger partial charge in [0.25, 0.3) is 0 Å². The molecular weight excluding hydrogens is 520 g/mol. The summed E-state index contributed by atoms with van der Waals surface area (Å²) in [5.74, 6) is -0.299. The third-order valence-electron chi connectivity index (χ3n) is 7.07. The van der Waals surface area contributed by atoms with Crippen LogP contribution in [0.2, 0.25) is 0 Å². The van der Waals surface area contributed by atoms with Gasteiger partial charge >= 0.3 is 7.60 Å². The molecule has 0 saturated carbocycles. The fourth-order valence-corrected chi connectivity index (χ4v) is 5.54. The summed E-state index contributed by atoms with van der Waals surface area (Å²) >= 11 is 0. The highest BCUT2D eigenvalue weighted by Crippen LogP contribution is 2.43. The van der Waals surface area contributed by atoms with Gasteiger partial charge in [0.05, 0.1) is 23.6 Å². The Hall–Kier alpha value is -3.52. The van der Waals surface area contributed by atoms with Crippen molar-refractivity contribution in [1.29, 1.82) is 0 Å². The fourth-order valence-electron chi connectivity index (χ4n) is 5.01. The first kappa shape index (κ1) is 27.1. The maximum atomic E-state index is 13.3. The van der Waals surface area contributed by atoms with E-state index in [1.807, 2.05) is 42.5 Å². The van der Waals surface area contributed by atoms with Gasteiger partial charge in [-0.1, -0.05) is 54.6 Å². The minimum atomic E-state index is -4.34. The largest absolute Gasteiger partial charge is 0.508 e. The van der Waals surface area contributed by atoms with Crippen molar-refractivity contribution in [2.24, 2.45) is 0 Å². The minimum Gasteiger partial charge on any atom is -0.508 e. The van der Waals surface area contributed by atoms with Crippen molar-refractivity contribution in [1.82, 2.24) is 0 Å². The molecular formula is C30H29FNO6P. The van der Waals surface area contributed by atoms with Crippen LogP contribution in [0.25, 0.3) is 11.1 Å². The fraction of sp³-hybridized carbons (Fsp3) is 0.200. The summed E-state index contributed by atoms with van der Waals surface area (Å²) in [5, 5.41) is 21.8. The molecule has 39 heavy (non-hydrogen) atoms. The number of rotatable bonds is 8. The Morgan fingerprint density at radius 1 is 0.923 bits per heavy atom. The summed E-state index contributed by atoms with van der Waals surface area (Å²) in [4.78, 5) is 20.8. The quantitative estimate of drug-likeness (QED) is 0.217. The van der Waals surface area contributed by atoms with Gasteiger partial charge < -0.3 is 29.6 Å². The van der Waals surface area contributed by atoms with Crippen LogP contribution < -0.4 is 10.2 Å². The Kier molecular flexibility index (Phi) is 7.84. The van der Waals surface area contributed by atoms with Crippen molar-refractivity contribution in [3.63, 3.8) is 0 Å². The summed E-state index contributed by atoms with van der Waals surface area (Å²) < 4.78 is 31.0. The van der Waals surface area contributed by atoms with Crippen LogP contribution in [0.3, 0.4) is 0 Å². The van der Waals surface area contributed by atoms with Gasteiger partial charge in [0.1, 0.15) is 18.3 Å². The molecule has 4 aromatic rings. The highest BCUT2D eigenvalue weighted by Gasteiger charge is 2.38. The predicted molar refractivity (Wildman–Crippen MR) is 147 cm³/mol. The van der Waals surface area contributed by atoms with Crippen LogP contribution in [0.4, 0.5) is 10.1 Å². The van der Waals surface area contributed by atoms with E-state index in [-0.39, 0.29) is 29.0 Å². The second-order valence-electron chi connectivity index (χ2n) is 9.59. The zero-order chi connectivity index (χ0) is 27.6. The molecule has 3 unspecified atom stereocenters. The van der Waals surface area contributed by atoms with E-state index in [1.165, 1.54) is 24.3 Å². The van der Waals surface area contributed by atoms with Crippen molar-refractivity contribution < 1.29 is 33.7 Å². The van der Waals surface area contributed by atoms with E-state index in [0.717, 1.165) is 5.69 Å². The first-order valence-electron chi connectivity index (χ1n) is 12.6. The van der Waals surface area contributed by atoms with E-state index >= 15 is 0 Å². The molecule has 1 aliphatic heterocycles. The normalized spacial score (nSPS) is 18.3. The number of anilines is 1. The molecule has 4 aromatic carbocycles. The van der Waals surface area contributed by atoms with E-state index in [0.29, 0.717) is 41.8 Å². The van der Waals surface area contributed by atoms with Crippen molar-refractivity contribution >= 4 is 18.6 Å². The number of aliphatic hydroxyl groups excluding tert-OH is 1. The van der Waals surface area contributed by atoms with Gasteiger partial charge in [-0.15, -0.1) is 0 Å². The zero-order valence-corrected chi connectivity index (χ0v) is 21.9. The van der Waals surface area contributed by atoms with Gasteiger partial charge in [-0.2, -0.15) is 0 Å². The molecule has 0 amide bonds. The van der Waals surface area contributed by atoms with Gasteiger partial charge in [-0.25, -0.2) is 4.39 Å². The average molecular weight is 550 g/mol. The number of hydrogen-bond acceptors (Lipinski definition) is 5. The molecule has 1 heterocycles. The molecule has 9 heteroatoms. The molecule has 1 aliphatic rings. The van der Waals surface area contributed by atoms with Crippen LogP contribution in [0, 0.1) is 5.82 Å². The highest BCUT2D eigenvalue weighted by atomic mass is 31.2. The molecule has 0 aliphatic carbocycles. The van der Waals surface area contributed by atoms with Crippen LogP contribution in [-0.2, 0) is 9.30 Å². The van der Waals surface area contributed by atoms with E-state index in [2.05, 4.69) is 4.90 Å². The lowest BCUT2D eigenvalue weighted by atomic mass is 9.92. The number of para-hydroxylation sites is 1. The topological polar surface area (TPSA) is 110 Å². The molecule has 0 bridgehead atoms. The summed E-state index contributed by atoms with van der Waals surface area (Å²) in [6, 6.07) is 26.5. The molecule has 0 spiro atoms. The Morgan fingerprint density at radius 3 is 2.23 bits per heavy atom. The van der Waals surface area contributed by atoms with E-state index < -0.39 is 13.7 Å². The third-order valence-corrected chi connectivity index (χ3v) is 8.04. The Labute approximate surface area is 225 Å². The summed E-state index contributed by atoms with van der Waals surface area (Å²) in [6.45, 7) is 0.303. The standard InChI is InChI=1S/C30H29FNO6P/c31-23-11-6-21(7-12-23)27(33)16-17-29-30(32(19-38-29)24-4-2-1-3-5-24)26-15-10-22(18-28(26)34)20-8-13-25(14-9-20)39(35,36)37/h1-15,18,27,29-30,33-34H,16-17,19H2,(H2,35,36,37). The van der Waals surface area contributed by atoms with Gasteiger partial charge in [0.15, 0.2) is 0 Å². The first-order chi connectivity index (χ1) is 18.7. The molecule has 3 atom stereocenters. The maximum absolute atomic E-state index is 13.3. The third kappa shape index (κ3) is 6.06. The predicted octanol–water partition coefficient (Wildman–Crippen LogP) is 5.42. The Morgan fingerprint density at radius 2 is 1.59 bits per heavy atom. The van der Waals surface area contributed by atoms with Crippen LogP contribution in [-0.4, -0.2) is 32.8 Å². The monoisotopic (exact) mass is 549 g/mol. The smallest absolute Gasteiger partial charge is 0.356 e. The van der Waals surface area contributed by atoms with Crippen LogP contribution in [0.15, 0.2) is 97.1 Å². The number of ether oxygens (including phenoxy) is 1. The summed E-state index contributed by atoms with van der Waals surface area (Å²) in [6.07, 6.45) is -0.232. The molecule has 4 N–H and O–H groups in total. The van der Waals surface area contributed by atoms with E-state index in [4.69, 9.17) is 4.74 Å². The molecule has 7 nitrogen and oxygen atoms in total. The number of benzene rings is 4. The van der Waals surface area contributed by atoms with Crippen molar-refractivity contribution in [2.75, 3.05) is 11.6 Å². The number of halogens is 1. The maximum Gasteiger partial charge on any atom is 0.356 e. The van der Waals surface area contributed by atoms with Crippen molar-refractivity contribution in [2.45, 2.75) is 31.1 Å². The lowest BCUT2D eigenvalue weighted by Gasteiger charge is -2.29. The van der Waals surface area contributed by atoms with Crippen molar-refractivity contribution in [3.8, 4) is 16.9 Å². The number of phenolic OH excluding ortho intramolecular Hbond substituents is 1. The summed E-state index contributed by atoms with van der Waals surface area (Å²) in [5.41, 5.74) is 3.62. The van der Waals surface area contributed by atoms with Gasteiger partial charge in [0.2, 0.25) is 0 Å². The highest BCUT2D eigenvalue weighted by molar-refractivity contribution is 7.60. The van der Waals surface area contributed by atoms with Gasteiger partial charge in [-0.05, 0) is 72.0 Å². The van der Waals surface area contributed by atoms with Gasteiger partial charge in [-0.3, -0.25) is 4.57 Å². The number of aliphatic hydroxyl groups is 1. The number of aromatic hydroxyl groups is 1. The Balaban J connectivity index is 1.41. The molecule has 1 fully saturated rings. The first-order valence-corrected chi connectivity index (χ1v) is 14.2. The van der Waals surface area contributed by atoms with Crippen molar-refractivity contribution in [3.05, 3.63) is 114 Å². The lowest BCUT2D eigenvalue weighted by molar-refractivity contribution is 0.0746. The van der Waals surface area contributed by atoms with Crippen LogP contribution >= 0.6 is 7.60 Å². The van der Waals surface area contributed by atoms with E-state index in [1.54, 1.807) is 30.3 Å². The molecule has 5 rings (SSSR count). The zero-order valence-electron chi connectivity index (χ0n) is 21.0. The summed E-state index contributed by atoms with van der Waals surface area (Å²) in [7, 11) is -4.34. The molecule has 0 radical (unpaired) electrons. The second-order valence-corrected chi connectivity index (χ2v) is 11.2. The SMILES string of the molecule is O=P(O)(O)c1ccc(-c2ccc(C3C(CCC(O)c4ccc(F)cc4)OCN3c3ccccc3)c(O)c2)cc1. The lowest BCUT2D eigenvalue weighted by Crippen LogP contribution is -2.27. The number of phenols is 1. The molecule has 1 saturated heterocycles. The average Bonchev–Trinajstić information content (AvgIpc) is 3.36. The van der Waals surface area contributed by atoms with Crippen LogP contribution in [0.5, 0.6) is 5.75 Å². The Bertz CT molecular complexity index is 1460. The number of hydrogen-bond donors (Lipinski definition) is 4. The second kappa shape index (κ2) is 11.3. The number of nitrogens with zero attached hydrogens (tertiary/aromatic N) is 1. The van der Waals surface area contributed by atoms with E-state index in [9.17, 15) is 29.0 Å². The van der Waals surface area contributed by atoms with Gasteiger partial charge in [0, 0.05) is 11.3 Å². The molecule has 202 valence electrons. The minimum absolute atomic E-state index is 0.0621. The molecule has 0 aromatic heterocycles.